The summed E-state index contributed by atoms with van der Waals surface area (Å²) in [6.45, 7) is 1.71. The molecule has 0 saturated heterocycles. The summed E-state index contributed by atoms with van der Waals surface area (Å²) >= 11 is 0. The largest absolute Gasteiger partial charge is 0.368 e. The summed E-state index contributed by atoms with van der Waals surface area (Å²) in [5.74, 6) is -0.561. The third-order valence-corrected chi connectivity index (χ3v) is 3.44. The molecule has 1 aliphatic carbocycles. The molecule has 5 heteroatoms. The SMILES string of the molecule is C[C@@H](C#N)C[C@H](NC(=O)CC1CCCC1)C(N)=O. The molecule has 2 atom stereocenters. The lowest BCUT2D eigenvalue weighted by molar-refractivity contribution is -0.128. The number of nitriles is 1. The first-order chi connectivity index (χ1) is 8.52. The highest BCUT2D eigenvalue weighted by Crippen LogP contribution is 2.27. The van der Waals surface area contributed by atoms with Crippen molar-refractivity contribution in [2.24, 2.45) is 17.6 Å². The number of nitrogens with one attached hydrogen (secondary N) is 1. The van der Waals surface area contributed by atoms with Gasteiger partial charge in [0.05, 0.1) is 6.07 Å². The lowest BCUT2D eigenvalue weighted by Crippen LogP contribution is -2.45. The Bertz CT molecular complexity index is 343. The quantitative estimate of drug-likeness (QED) is 0.739. The highest BCUT2D eigenvalue weighted by atomic mass is 16.2. The Kier molecular flexibility index (Phi) is 5.63. The second-order valence-corrected chi connectivity index (χ2v) is 5.14. The van der Waals surface area contributed by atoms with Gasteiger partial charge in [0, 0.05) is 12.3 Å². The van der Waals surface area contributed by atoms with Crippen molar-refractivity contribution < 1.29 is 9.59 Å². The zero-order chi connectivity index (χ0) is 13.5. The molecule has 2 amide bonds. The van der Waals surface area contributed by atoms with Gasteiger partial charge < -0.3 is 11.1 Å². The molecule has 1 aliphatic rings. The van der Waals surface area contributed by atoms with Crippen LogP contribution in [0.25, 0.3) is 0 Å². The lowest BCUT2D eigenvalue weighted by Gasteiger charge is -2.17. The molecule has 100 valence electrons. The van der Waals surface area contributed by atoms with Crippen molar-refractivity contribution in [2.45, 2.75) is 51.5 Å². The van der Waals surface area contributed by atoms with Crippen molar-refractivity contribution in [3.63, 3.8) is 0 Å². The Labute approximate surface area is 108 Å². The van der Waals surface area contributed by atoms with E-state index in [9.17, 15) is 9.59 Å². The number of carbonyl (C=O) groups excluding carboxylic acids is 2. The third kappa shape index (κ3) is 4.74. The van der Waals surface area contributed by atoms with E-state index in [0.717, 1.165) is 12.8 Å². The number of amides is 2. The van der Waals surface area contributed by atoms with Crippen molar-refractivity contribution in [1.29, 1.82) is 5.26 Å². The van der Waals surface area contributed by atoms with Crippen LogP contribution in [0.2, 0.25) is 0 Å². The topological polar surface area (TPSA) is 96.0 Å². The molecule has 0 aromatic carbocycles. The van der Waals surface area contributed by atoms with Crippen molar-refractivity contribution in [1.82, 2.24) is 5.32 Å². The lowest BCUT2D eigenvalue weighted by atomic mass is 10.0. The standard InChI is InChI=1S/C13H21N3O2/c1-9(8-14)6-11(13(15)18)16-12(17)7-10-4-2-3-5-10/h9-11H,2-7H2,1H3,(H2,15,18)(H,16,17)/t9-,11+/m1/s1. The molecule has 18 heavy (non-hydrogen) atoms. The van der Waals surface area contributed by atoms with E-state index in [0.29, 0.717) is 12.3 Å². The van der Waals surface area contributed by atoms with Crippen LogP contribution in [0.15, 0.2) is 0 Å². The van der Waals surface area contributed by atoms with Crippen LogP contribution in [0.5, 0.6) is 0 Å². The van der Waals surface area contributed by atoms with E-state index in [-0.39, 0.29) is 18.2 Å². The van der Waals surface area contributed by atoms with Crippen LogP contribution in [-0.2, 0) is 9.59 Å². The van der Waals surface area contributed by atoms with Crippen molar-refractivity contribution in [3.8, 4) is 6.07 Å². The first-order valence-electron chi connectivity index (χ1n) is 6.51. The summed E-state index contributed by atoms with van der Waals surface area (Å²) in [5.41, 5.74) is 5.23. The first kappa shape index (κ1) is 14.5. The van der Waals surface area contributed by atoms with Crippen LogP contribution in [0.3, 0.4) is 0 Å². The average Bonchev–Trinajstić information content (AvgIpc) is 2.80. The Morgan fingerprint density at radius 1 is 1.44 bits per heavy atom. The normalized spacial score (nSPS) is 18.9. The number of rotatable bonds is 6. The molecular formula is C13H21N3O2. The molecule has 1 fully saturated rings. The molecule has 0 radical (unpaired) electrons. The Morgan fingerprint density at radius 2 is 2.06 bits per heavy atom. The van der Waals surface area contributed by atoms with Crippen molar-refractivity contribution in [3.05, 3.63) is 0 Å². The molecule has 3 N–H and O–H groups in total. The molecule has 0 bridgehead atoms. The summed E-state index contributed by atoms with van der Waals surface area (Å²) in [6, 6.07) is 1.31. The van der Waals surface area contributed by atoms with Crippen LogP contribution in [-0.4, -0.2) is 17.9 Å². The molecule has 0 aromatic heterocycles. The maximum absolute atomic E-state index is 11.8. The summed E-state index contributed by atoms with van der Waals surface area (Å²) in [6.07, 6.45) is 5.28. The molecule has 5 nitrogen and oxygen atoms in total. The van der Waals surface area contributed by atoms with Crippen LogP contribution in [0, 0.1) is 23.2 Å². The number of primary amides is 1. The summed E-state index contributed by atoms with van der Waals surface area (Å²) in [4.78, 5) is 23.0. The fourth-order valence-electron chi connectivity index (χ4n) is 2.38. The third-order valence-electron chi connectivity index (χ3n) is 3.44. The maximum atomic E-state index is 11.8. The Balaban J connectivity index is 2.42. The molecule has 0 spiro atoms. The van der Waals surface area contributed by atoms with E-state index >= 15 is 0 Å². The van der Waals surface area contributed by atoms with Gasteiger partial charge in [0.15, 0.2) is 0 Å². The number of carbonyl (C=O) groups is 2. The van der Waals surface area contributed by atoms with Gasteiger partial charge in [-0.25, -0.2) is 0 Å². The average molecular weight is 251 g/mol. The van der Waals surface area contributed by atoms with Gasteiger partial charge in [-0.1, -0.05) is 12.8 Å². The van der Waals surface area contributed by atoms with Gasteiger partial charge in [-0.3, -0.25) is 9.59 Å². The number of nitrogens with two attached hydrogens (primary N) is 1. The summed E-state index contributed by atoms with van der Waals surface area (Å²) in [5, 5.41) is 11.4. The van der Waals surface area contributed by atoms with Gasteiger partial charge in [-0.05, 0) is 32.1 Å². The monoisotopic (exact) mass is 251 g/mol. The molecule has 1 rings (SSSR count). The van der Waals surface area contributed by atoms with Crippen molar-refractivity contribution in [2.75, 3.05) is 0 Å². The van der Waals surface area contributed by atoms with E-state index in [4.69, 9.17) is 11.0 Å². The van der Waals surface area contributed by atoms with E-state index in [1.54, 1.807) is 6.92 Å². The van der Waals surface area contributed by atoms with Gasteiger partial charge in [-0.2, -0.15) is 5.26 Å². The van der Waals surface area contributed by atoms with Crippen LogP contribution < -0.4 is 11.1 Å². The minimum Gasteiger partial charge on any atom is -0.368 e. The minimum atomic E-state index is -0.728. The second-order valence-electron chi connectivity index (χ2n) is 5.14. The fourth-order valence-corrected chi connectivity index (χ4v) is 2.38. The molecular weight excluding hydrogens is 230 g/mol. The van der Waals surface area contributed by atoms with E-state index < -0.39 is 11.9 Å². The molecule has 0 aliphatic heterocycles. The van der Waals surface area contributed by atoms with Gasteiger partial charge >= 0.3 is 0 Å². The first-order valence-corrected chi connectivity index (χ1v) is 6.51. The van der Waals surface area contributed by atoms with Crippen LogP contribution >= 0.6 is 0 Å². The maximum Gasteiger partial charge on any atom is 0.240 e. The van der Waals surface area contributed by atoms with Crippen molar-refractivity contribution >= 4 is 11.8 Å². The van der Waals surface area contributed by atoms with Crippen LogP contribution in [0.1, 0.15) is 45.4 Å². The molecule has 0 aromatic rings. The van der Waals surface area contributed by atoms with Gasteiger partial charge in [-0.15, -0.1) is 0 Å². The zero-order valence-corrected chi connectivity index (χ0v) is 10.8. The highest BCUT2D eigenvalue weighted by molar-refractivity contribution is 5.86. The Morgan fingerprint density at radius 3 is 2.56 bits per heavy atom. The van der Waals surface area contributed by atoms with Gasteiger partial charge in [0.1, 0.15) is 6.04 Å². The highest BCUT2D eigenvalue weighted by Gasteiger charge is 2.23. The number of nitrogens with zero attached hydrogens (tertiary/aromatic N) is 1. The summed E-state index contributed by atoms with van der Waals surface area (Å²) < 4.78 is 0. The van der Waals surface area contributed by atoms with E-state index in [2.05, 4.69) is 5.32 Å². The number of hydrogen-bond donors (Lipinski definition) is 2. The Hall–Kier alpha value is -1.57. The predicted molar refractivity (Wildman–Crippen MR) is 67.1 cm³/mol. The van der Waals surface area contributed by atoms with Crippen LogP contribution in [0.4, 0.5) is 0 Å². The summed E-state index contributed by atoms with van der Waals surface area (Å²) in [7, 11) is 0. The smallest absolute Gasteiger partial charge is 0.240 e. The predicted octanol–water partition coefficient (Wildman–Crippen LogP) is 1.09. The zero-order valence-electron chi connectivity index (χ0n) is 10.8. The van der Waals surface area contributed by atoms with E-state index in [1.165, 1.54) is 12.8 Å². The molecule has 0 heterocycles. The molecule has 1 saturated carbocycles. The van der Waals surface area contributed by atoms with Gasteiger partial charge in [0.25, 0.3) is 0 Å². The van der Waals surface area contributed by atoms with Gasteiger partial charge in [0.2, 0.25) is 11.8 Å². The van der Waals surface area contributed by atoms with E-state index in [1.807, 2.05) is 6.07 Å². The minimum absolute atomic E-state index is 0.129. The number of hydrogen-bond acceptors (Lipinski definition) is 3. The fraction of sp³-hybridized carbons (Fsp3) is 0.769. The molecule has 0 unspecified atom stereocenters. The second kappa shape index (κ2) is 7.00.